The molecular formula is C15H26N4. The molecule has 106 valence electrons. The number of hydrogen-bond donors (Lipinski definition) is 1. The molecule has 0 radical (unpaired) electrons. The van der Waals surface area contributed by atoms with Crippen molar-refractivity contribution in [3.05, 3.63) is 11.9 Å². The molecule has 0 atom stereocenters. The molecule has 1 heterocycles. The van der Waals surface area contributed by atoms with Crippen LogP contribution in [-0.2, 0) is 0 Å². The van der Waals surface area contributed by atoms with Gasteiger partial charge in [-0.1, -0.05) is 39.5 Å². The van der Waals surface area contributed by atoms with Gasteiger partial charge in [-0.15, -0.1) is 0 Å². The predicted molar refractivity (Wildman–Crippen MR) is 80.4 cm³/mol. The van der Waals surface area contributed by atoms with E-state index in [2.05, 4.69) is 35.8 Å². The van der Waals surface area contributed by atoms with Gasteiger partial charge in [0.05, 0.1) is 0 Å². The summed E-state index contributed by atoms with van der Waals surface area (Å²) in [6.07, 6.45) is 7.91. The van der Waals surface area contributed by atoms with E-state index in [0.29, 0.717) is 17.8 Å². The first-order valence-corrected chi connectivity index (χ1v) is 7.45. The van der Waals surface area contributed by atoms with Crippen molar-refractivity contribution in [2.45, 2.75) is 64.3 Å². The van der Waals surface area contributed by atoms with Crippen LogP contribution in [0.25, 0.3) is 0 Å². The minimum absolute atomic E-state index is 0.310. The van der Waals surface area contributed by atoms with Crippen molar-refractivity contribution in [2.24, 2.45) is 0 Å². The fourth-order valence-electron chi connectivity index (χ4n) is 2.74. The average molecular weight is 262 g/mol. The number of nitrogens with two attached hydrogens (primary N) is 1. The van der Waals surface area contributed by atoms with Crippen LogP contribution in [0.1, 0.15) is 64.1 Å². The third-order valence-electron chi connectivity index (χ3n) is 4.00. The third kappa shape index (κ3) is 3.58. The highest BCUT2D eigenvalue weighted by Gasteiger charge is 2.19. The van der Waals surface area contributed by atoms with Crippen LogP contribution in [0.5, 0.6) is 0 Å². The van der Waals surface area contributed by atoms with Crippen molar-refractivity contribution in [1.29, 1.82) is 0 Å². The second kappa shape index (κ2) is 6.22. The molecule has 2 rings (SSSR count). The summed E-state index contributed by atoms with van der Waals surface area (Å²) in [5.74, 6) is 2.71. The molecule has 4 heteroatoms. The maximum absolute atomic E-state index is 5.92. The summed E-state index contributed by atoms with van der Waals surface area (Å²) >= 11 is 0. The SMILES string of the molecule is CC(C)c1nc(N)cc(N(C)C2CCCCCC2)n1. The number of hydrogen-bond acceptors (Lipinski definition) is 4. The maximum Gasteiger partial charge on any atom is 0.135 e. The lowest BCUT2D eigenvalue weighted by Gasteiger charge is -2.28. The molecule has 1 fully saturated rings. The zero-order valence-electron chi connectivity index (χ0n) is 12.4. The molecule has 4 nitrogen and oxygen atoms in total. The summed E-state index contributed by atoms with van der Waals surface area (Å²) < 4.78 is 0. The molecule has 0 spiro atoms. The smallest absolute Gasteiger partial charge is 0.135 e. The van der Waals surface area contributed by atoms with E-state index in [0.717, 1.165) is 11.6 Å². The van der Waals surface area contributed by atoms with Gasteiger partial charge in [0, 0.05) is 25.1 Å². The van der Waals surface area contributed by atoms with Crippen molar-refractivity contribution in [2.75, 3.05) is 17.7 Å². The molecule has 0 bridgehead atoms. The molecule has 0 amide bonds. The van der Waals surface area contributed by atoms with Gasteiger partial charge in [0.25, 0.3) is 0 Å². The Hall–Kier alpha value is -1.32. The van der Waals surface area contributed by atoms with E-state index in [1.165, 1.54) is 38.5 Å². The molecule has 0 aromatic carbocycles. The quantitative estimate of drug-likeness (QED) is 0.849. The zero-order valence-corrected chi connectivity index (χ0v) is 12.4. The molecule has 1 saturated carbocycles. The molecule has 1 aliphatic rings. The lowest BCUT2D eigenvalue weighted by Crippen LogP contribution is -2.32. The topological polar surface area (TPSA) is 55.0 Å². The van der Waals surface area contributed by atoms with Crippen LogP contribution in [0.2, 0.25) is 0 Å². The van der Waals surface area contributed by atoms with Gasteiger partial charge in [-0.3, -0.25) is 0 Å². The Morgan fingerprint density at radius 1 is 1.16 bits per heavy atom. The van der Waals surface area contributed by atoms with Crippen LogP contribution < -0.4 is 10.6 Å². The van der Waals surface area contributed by atoms with Gasteiger partial charge in [-0.25, -0.2) is 9.97 Å². The Morgan fingerprint density at radius 3 is 2.37 bits per heavy atom. The standard InChI is InChI=1S/C15H26N4/c1-11(2)15-17-13(16)10-14(18-15)19(3)12-8-6-4-5-7-9-12/h10-12H,4-9H2,1-3H3,(H2,16,17,18). The highest BCUT2D eigenvalue weighted by atomic mass is 15.2. The number of aromatic nitrogens is 2. The van der Waals surface area contributed by atoms with Crippen molar-refractivity contribution in [3.63, 3.8) is 0 Å². The second-order valence-corrected chi connectivity index (χ2v) is 5.92. The average Bonchev–Trinajstić information content (AvgIpc) is 2.65. The monoisotopic (exact) mass is 262 g/mol. The molecular weight excluding hydrogens is 236 g/mol. The summed E-state index contributed by atoms with van der Waals surface area (Å²) in [6, 6.07) is 2.49. The fraction of sp³-hybridized carbons (Fsp3) is 0.733. The maximum atomic E-state index is 5.92. The van der Waals surface area contributed by atoms with E-state index in [1.54, 1.807) is 0 Å². The van der Waals surface area contributed by atoms with Gasteiger partial charge >= 0.3 is 0 Å². The van der Waals surface area contributed by atoms with E-state index in [9.17, 15) is 0 Å². The molecule has 1 aromatic rings. The second-order valence-electron chi connectivity index (χ2n) is 5.92. The van der Waals surface area contributed by atoms with E-state index in [-0.39, 0.29) is 0 Å². The van der Waals surface area contributed by atoms with E-state index in [1.807, 2.05) is 6.07 Å². The summed E-state index contributed by atoms with van der Waals surface area (Å²) in [7, 11) is 2.14. The first kappa shape index (κ1) is 14.1. The molecule has 0 unspecified atom stereocenters. The normalized spacial score (nSPS) is 17.5. The Labute approximate surface area is 116 Å². The fourth-order valence-corrected chi connectivity index (χ4v) is 2.74. The highest BCUT2D eigenvalue weighted by molar-refractivity contribution is 5.47. The Balaban J connectivity index is 2.19. The van der Waals surface area contributed by atoms with Gasteiger partial charge < -0.3 is 10.6 Å². The van der Waals surface area contributed by atoms with Crippen molar-refractivity contribution in [1.82, 2.24) is 9.97 Å². The van der Waals surface area contributed by atoms with Crippen molar-refractivity contribution < 1.29 is 0 Å². The van der Waals surface area contributed by atoms with Gasteiger partial charge in [0.1, 0.15) is 17.5 Å². The first-order chi connectivity index (χ1) is 9.08. The van der Waals surface area contributed by atoms with Crippen LogP contribution in [-0.4, -0.2) is 23.1 Å². The minimum atomic E-state index is 0.310. The number of rotatable bonds is 3. The van der Waals surface area contributed by atoms with E-state index >= 15 is 0 Å². The minimum Gasteiger partial charge on any atom is -0.384 e. The highest BCUT2D eigenvalue weighted by Crippen LogP contribution is 2.26. The lowest BCUT2D eigenvalue weighted by molar-refractivity contribution is 0.547. The van der Waals surface area contributed by atoms with Gasteiger partial charge in [-0.2, -0.15) is 0 Å². The molecule has 0 aliphatic heterocycles. The van der Waals surface area contributed by atoms with Crippen LogP contribution in [0, 0.1) is 0 Å². The summed E-state index contributed by atoms with van der Waals surface area (Å²) in [5, 5.41) is 0. The van der Waals surface area contributed by atoms with E-state index < -0.39 is 0 Å². The third-order valence-corrected chi connectivity index (χ3v) is 4.00. The molecule has 1 aliphatic carbocycles. The van der Waals surface area contributed by atoms with Gasteiger partial charge in [0.2, 0.25) is 0 Å². The van der Waals surface area contributed by atoms with Crippen LogP contribution in [0.3, 0.4) is 0 Å². The number of nitrogens with zero attached hydrogens (tertiary/aromatic N) is 3. The lowest BCUT2D eigenvalue weighted by atomic mass is 10.1. The van der Waals surface area contributed by atoms with Crippen LogP contribution in [0.15, 0.2) is 6.07 Å². The van der Waals surface area contributed by atoms with Gasteiger partial charge in [0.15, 0.2) is 0 Å². The molecule has 1 aromatic heterocycles. The zero-order chi connectivity index (χ0) is 13.8. The first-order valence-electron chi connectivity index (χ1n) is 7.45. The Kier molecular flexibility index (Phi) is 4.61. The largest absolute Gasteiger partial charge is 0.384 e. The summed E-state index contributed by atoms with van der Waals surface area (Å²) in [6.45, 7) is 4.20. The van der Waals surface area contributed by atoms with Gasteiger partial charge in [-0.05, 0) is 12.8 Å². The summed E-state index contributed by atoms with van der Waals surface area (Å²) in [5.41, 5.74) is 5.92. The van der Waals surface area contributed by atoms with Crippen molar-refractivity contribution in [3.8, 4) is 0 Å². The predicted octanol–water partition coefficient (Wildman–Crippen LogP) is 3.34. The van der Waals surface area contributed by atoms with E-state index in [4.69, 9.17) is 5.73 Å². The number of anilines is 2. The Bertz CT molecular complexity index is 409. The molecule has 19 heavy (non-hydrogen) atoms. The van der Waals surface area contributed by atoms with Crippen molar-refractivity contribution >= 4 is 11.6 Å². The Morgan fingerprint density at radius 2 is 1.79 bits per heavy atom. The molecule has 0 saturated heterocycles. The van der Waals surface area contributed by atoms with Crippen LogP contribution >= 0.6 is 0 Å². The number of nitrogen functional groups attached to an aromatic ring is 1. The van der Waals surface area contributed by atoms with Crippen LogP contribution in [0.4, 0.5) is 11.6 Å². The molecule has 2 N–H and O–H groups in total. The summed E-state index contributed by atoms with van der Waals surface area (Å²) in [4.78, 5) is 11.3.